The summed E-state index contributed by atoms with van der Waals surface area (Å²) in [5.41, 5.74) is 1.70. The topological polar surface area (TPSA) is 40.5 Å². The monoisotopic (exact) mass is 205 g/mol. The van der Waals surface area contributed by atoms with E-state index in [1.165, 1.54) is 13.0 Å². The molecule has 1 N–H and O–H groups in total. The van der Waals surface area contributed by atoms with Gasteiger partial charge < -0.3 is 10.0 Å². The molecule has 0 bridgehead atoms. The van der Waals surface area contributed by atoms with Crippen LogP contribution in [0.25, 0.3) is 5.76 Å². The maximum atomic E-state index is 10.8. The summed E-state index contributed by atoms with van der Waals surface area (Å²) in [7, 11) is 3.89. The average Bonchev–Trinajstić information content (AvgIpc) is 2.17. The van der Waals surface area contributed by atoms with Crippen molar-refractivity contribution in [2.75, 3.05) is 19.0 Å². The van der Waals surface area contributed by atoms with Crippen LogP contribution in [0, 0.1) is 0 Å². The molecule has 3 heteroatoms. The van der Waals surface area contributed by atoms with Gasteiger partial charge in [-0.3, -0.25) is 4.79 Å². The molecule has 80 valence electrons. The number of anilines is 1. The molecule has 0 spiro atoms. The van der Waals surface area contributed by atoms with Gasteiger partial charge in [0.2, 0.25) is 0 Å². The first-order chi connectivity index (χ1) is 7.00. The van der Waals surface area contributed by atoms with Gasteiger partial charge in [-0.15, -0.1) is 0 Å². The number of carbonyl (C=O) groups excluding carboxylic acids is 1. The molecule has 0 aliphatic rings. The largest absolute Gasteiger partial charge is 0.507 e. The summed E-state index contributed by atoms with van der Waals surface area (Å²) in [6.07, 6.45) is 1.21. The highest BCUT2D eigenvalue weighted by molar-refractivity contribution is 5.93. The third kappa shape index (κ3) is 3.13. The standard InChI is InChI=1S/C12H15NO2/c1-9(14)8-12(15)10-4-6-11(7-5-10)13(2)3/h4-8,15H,1-3H3/b12-8-. The highest BCUT2D eigenvalue weighted by atomic mass is 16.3. The number of nitrogens with zero attached hydrogens (tertiary/aromatic N) is 1. The summed E-state index contributed by atoms with van der Waals surface area (Å²) in [5.74, 6) is -0.156. The number of carbonyl (C=O) groups is 1. The van der Waals surface area contributed by atoms with E-state index in [2.05, 4.69) is 0 Å². The first kappa shape index (κ1) is 11.3. The zero-order chi connectivity index (χ0) is 11.4. The molecule has 15 heavy (non-hydrogen) atoms. The molecule has 0 saturated heterocycles. The predicted octanol–water partition coefficient (Wildman–Crippen LogP) is 2.24. The zero-order valence-corrected chi connectivity index (χ0v) is 9.19. The van der Waals surface area contributed by atoms with E-state index in [1.807, 2.05) is 31.1 Å². The van der Waals surface area contributed by atoms with Crippen LogP contribution < -0.4 is 4.90 Å². The Morgan fingerprint density at radius 3 is 2.20 bits per heavy atom. The molecule has 0 radical (unpaired) electrons. The quantitative estimate of drug-likeness (QED) is 0.607. The molecular weight excluding hydrogens is 190 g/mol. The molecule has 0 atom stereocenters. The summed E-state index contributed by atoms with van der Waals surface area (Å²) >= 11 is 0. The summed E-state index contributed by atoms with van der Waals surface area (Å²) in [6, 6.07) is 7.34. The third-order valence-electron chi connectivity index (χ3n) is 2.02. The summed E-state index contributed by atoms with van der Waals surface area (Å²) in [5, 5.41) is 9.55. The molecule has 0 saturated carbocycles. The number of allylic oxidation sites excluding steroid dienone is 1. The van der Waals surface area contributed by atoms with Crippen molar-refractivity contribution in [3.8, 4) is 0 Å². The Balaban J connectivity index is 2.94. The van der Waals surface area contributed by atoms with Crippen LogP contribution in [0.3, 0.4) is 0 Å². The van der Waals surface area contributed by atoms with Crippen LogP contribution in [0.5, 0.6) is 0 Å². The fourth-order valence-electron chi connectivity index (χ4n) is 1.21. The summed E-state index contributed by atoms with van der Waals surface area (Å²) < 4.78 is 0. The predicted molar refractivity (Wildman–Crippen MR) is 62.1 cm³/mol. The van der Waals surface area contributed by atoms with Crippen LogP contribution in [0.15, 0.2) is 30.3 Å². The van der Waals surface area contributed by atoms with Crippen molar-refractivity contribution in [1.29, 1.82) is 0 Å². The highest BCUT2D eigenvalue weighted by Gasteiger charge is 2.01. The number of hydrogen-bond donors (Lipinski definition) is 1. The molecule has 1 aromatic carbocycles. The number of rotatable bonds is 3. The van der Waals surface area contributed by atoms with Gasteiger partial charge in [0.25, 0.3) is 0 Å². The van der Waals surface area contributed by atoms with Gasteiger partial charge >= 0.3 is 0 Å². The molecule has 0 unspecified atom stereocenters. The summed E-state index contributed by atoms with van der Waals surface area (Å²) in [4.78, 5) is 12.7. The van der Waals surface area contributed by atoms with Crippen molar-refractivity contribution in [3.05, 3.63) is 35.9 Å². The fourth-order valence-corrected chi connectivity index (χ4v) is 1.21. The first-order valence-electron chi connectivity index (χ1n) is 4.69. The Morgan fingerprint density at radius 2 is 1.80 bits per heavy atom. The maximum absolute atomic E-state index is 10.8. The van der Waals surface area contributed by atoms with E-state index in [0.29, 0.717) is 5.56 Å². The van der Waals surface area contributed by atoms with Crippen LogP contribution in [0.4, 0.5) is 5.69 Å². The van der Waals surface area contributed by atoms with E-state index in [9.17, 15) is 9.90 Å². The lowest BCUT2D eigenvalue weighted by atomic mass is 10.1. The van der Waals surface area contributed by atoms with E-state index in [1.54, 1.807) is 12.1 Å². The minimum atomic E-state index is -0.163. The molecular formula is C12H15NO2. The average molecular weight is 205 g/mol. The van der Waals surface area contributed by atoms with E-state index >= 15 is 0 Å². The van der Waals surface area contributed by atoms with Gasteiger partial charge in [0.15, 0.2) is 5.78 Å². The van der Waals surface area contributed by atoms with Gasteiger partial charge in [0, 0.05) is 31.4 Å². The van der Waals surface area contributed by atoms with Gasteiger partial charge in [0.1, 0.15) is 5.76 Å². The van der Waals surface area contributed by atoms with Crippen LogP contribution in [0.2, 0.25) is 0 Å². The van der Waals surface area contributed by atoms with Crippen molar-refractivity contribution in [2.24, 2.45) is 0 Å². The number of hydrogen-bond acceptors (Lipinski definition) is 3. The van der Waals surface area contributed by atoms with Crippen LogP contribution >= 0.6 is 0 Å². The highest BCUT2D eigenvalue weighted by Crippen LogP contribution is 2.16. The second kappa shape index (κ2) is 4.64. The Bertz CT molecular complexity index is 377. The third-order valence-corrected chi connectivity index (χ3v) is 2.02. The minimum Gasteiger partial charge on any atom is -0.507 e. The van der Waals surface area contributed by atoms with Crippen LogP contribution in [-0.2, 0) is 4.79 Å². The Labute approximate surface area is 89.6 Å². The van der Waals surface area contributed by atoms with Crippen molar-refractivity contribution in [2.45, 2.75) is 6.92 Å². The zero-order valence-electron chi connectivity index (χ0n) is 9.19. The maximum Gasteiger partial charge on any atom is 0.156 e. The normalized spacial score (nSPS) is 11.3. The van der Waals surface area contributed by atoms with E-state index in [0.717, 1.165) is 5.69 Å². The lowest BCUT2D eigenvalue weighted by Crippen LogP contribution is -2.08. The number of aliphatic hydroxyl groups excluding tert-OH is 1. The van der Waals surface area contributed by atoms with Gasteiger partial charge in [-0.1, -0.05) is 0 Å². The molecule has 0 heterocycles. The number of ketones is 1. The van der Waals surface area contributed by atoms with Crippen molar-refractivity contribution < 1.29 is 9.90 Å². The smallest absolute Gasteiger partial charge is 0.156 e. The first-order valence-corrected chi connectivity index (χ1v) is 4.69. The number of aliphatic hydroxyl groups is 1. The molecule has 1 rings (SSSR count). The van der Waals surface area contributed by atoms with Crippen molar-refractivity contribution in [3.63, 3.8) is 0 Å². The second-order valence-electron chi connectivity index (χ2n) is 3.58. The van der Waals surface area contributed by atoms with Crippen molar-refractivity contribution in [1.82, 2.24) is 0 Å². The molecule has 0 aliphatic heterocycles. The fraction of sp³-hybridized carbons (Fsp3) is 0.250. The lowest BCUT2D eigenvalue weighted by Gasteiger charge is -2.12. The van der Waals surface area contributed by atoms with Gasteiger partial charge in [-0.05, 0) is 31.2 Å². The molecule has 0 amide bonds. The Hall–Kier alpha value is -1.77. The second-order valence-corrected chi connectivity index (χ2v) is 3.58. The Kier molecular flexibility index (Phi) is 3.50. The van der Waals surface area contributed by atoms with Crippen molar-refractivity contribution >= 4 is 17.2 Å². The van der Waals surface area contributed by atoms with E-state index in [-0.39, 0.29) is 11.5 Å². The lowest BCUT2D eigenvalue weighted by molar-refractivity contribution is -0.112. The van der Waals surface area contributed by atoms with E-state index < -0.39 is 0 Å². The SMILES string of the molecule is CC(=O)/C=C(\O)c1ccc(N(C)C)cc1. The van der Waals surface area contributed by atoms with Gasteiger partial charge in [-0.25, -0.2) is 0 Å². The minimum absolute atomic E-state index is 0.00723. The molecule has 0 aromatic heterocycles. The Morgan fingerprint density at radius 1 is 1.27 bits per heavy atom. The van der Waals surface area contributed by atoms with Gasteiger partial charge in [-0.2, -0.15) is 0 Å². The number of benzene rings is 1. The summed E-state index contributed by atoms with van der Waals surface area (Å²) in [6.45, 7) is 1.41. The molecule has 1 aromatic rings. The van der Waals surface area contributed by atoms with Gasteiger partial charge in [0.05, 0.1) is 0 Å². The molecule has 0 aliphatic carbocycles. The van der Waals surface area contributed by atoms with E-state index in [4.69, 9.17) is 0 Å². The van der Waals surface area contributed by atoms with Crippen LogP contribution in [0.1, 0.15) is 12.5 Å². The van der Waals surface area contributed by atoms with Crippen LogP contribution in [-0.4, -0.2) is 25.0 Å². The molecule has 0 fully saturated rings. The molecule has 3 nitrogen and oxygen atoms in total.